The topological polar surface area (TPSA) is 72.3 Å². The third kappa shape index (κ3) is 4.76. The summed E-state index contributed by atoms with van der Waals surface area (Å²) in [7, 11) is 0. The number of ether oxygens (including phenoxy) is 1. The van der Waals surface area contributed by atoms with Crippen molar-refractivity contribution in [1.82, 2.24) is 25.2 Å². The number of morpholine rings is 1. The van der Waals surface area contributed by atoms with Gasteiger partial charge in [0.1, 0.15) is 12.1 Å². The average Bonchev–Trinajstić information content (AvgIpc) is 3.02. The van der Waals surface area contributed by atoms with Gasteiger partial charge in [-0.15, -0.1) is 5.10 Å². The highest BCUT2D eigenvalue weighted by molar-refractivity contribution is 5.79. The summed E-state index contributed by atoms with van der Waals surface area (Å²) in [5.41, 5.74) is 1.69. The maximum Gasteiger partial charge on any atom is 0.241 e. The molecule has 0 unspecified atom stereocenters. The fourth-order valence-electron chi connectivity index (χ4n) is 3.31. The van der Waals surface area contributed by atoms with Crippen molar-refractivity contribution in [3.05, 3.63) is 24.3 Å². The molecule has 0 saturated carbocycles. The van der Waals surface area contributed by atoms with Gasteiger partial charge in [-0.3, -0.25) is 9.69 Å². The van der Waals surface area contributed by atoms with E-state index >= 15 is 0 Å². The maximum absolute atomic E-state index is 12.4. The lowest BCUT2D eigenvalue weighted by Gasteiger charge is -2.35. The number of para-hydroxylation sites is 1. The molecule has 0 radical (unpaired) electrons. The van der Waals surface area contributed by atoms with E-state index in [4.69, 9.17) is 4.74 Å². The summed E-state index contributed by atoms with van der Waals surface area (Å²) in [6.07, 6.45) is 1.06. The van der Waals surface area contributed by atoms with Crippen LogP contribution >= 0.6 is 0 Å². The molecule has 1 saturated heterocycles. The Labute approximate surface area is 148 Å². The quantitative estimate of drug-likeness (QED) is 0.819. The molecule has 0 aliphatic carbocycles. The number of carbonyl (C=O) groups excluding carboxylic acids is 1. The number of nitrogens with one attached hydrogen (secondary N) is 1. The van der Waals surface area contributed by atoms with E-state index in [2.05, 4.69) is 34.4 Å². The Kier molecular flexibility index (Phi) is 5.99. The van der Waals surface area contributed by atoms with Gasteiger partial charge in [0.25, 0.3) is 0 Å². The number of benzene rings is 1. The SMILES string of the molecule is CC(C)C[C@@H](CNC(=O)Cn1nnc2ccccc21)N1CCOCC1. The second-order valence-corrected chi connectivity index (χ2v) is 6.97. The van der Waals surface area contributed by atoms with Crippen molar-refractivity contribution in [3.63, 3.8) is 0 Å². The number of carbonyl (C=O) groups is 1. The summed E-state index contributed by atoms with van der Waals surface area (Å²) < 4.78 is 7.09. The molecule has 3 rings (SSSR count). The highest BCUT2D eigenvalue weighted by atomic mass is 16.5. The number of fused-ring (bicyclic) bond motifs is 1. The zero-order valence-corrected chi connectivity index (χ0v) is 15.0. The van der Waals surface area contributed by atoms with Gasteiger partial charge < -0.3 is 10.1 Å². The van der Waals surface area contributed by atoms with Gasteiger partial charge in [0.15, 0.2) is 0 Å². The molecular formula is C18H27N5O2. The molecule has 1 aromatic heterocycles. The van der Waals surface area contributed by atoms with E-state index in [1.54, 1.807) is 4.68 Å². The minimum absolute atomic E-state index is 0.0299. The third-order valence-corrected chi connectivity index (χ3v) is 4.55. The van der Waals surface area contributed by atoms with Crippen LogP contribution < -0.4 is 5.32 Å². The van der Waals surface area contributed by atoms with E-state index < -0.39 is 0 Å². The van der Waals surface area contributed by atoms with Gasteiger partial charge in [0.05, 0.1) is 18.7 Å². The lowest BCUT2D eigenvalue weighted by Crippen LogP contribution is -2.49. The summed E-state index contributed by atoms with van der Waals surface area (Å²) in [6, 6.07) is 8.02. The van der Waals surface area contributed by atoms with Crippen LogP contribution in [0.2, 0.25) is 0 Å². The molecule has 25 heavy (non-hydrogen) atoms. The smallest absolute Gasteiger partial charge is 0.241 e. The van der Waals surface area contributed by atoms with Gasteiger partial charge in [-0.05, 0) is 24.5 Å². The minimum Gasteiger partial charge on any atom is -0.379 e. The predicted molar refractivity (Wildman–Crippen MR) is 96.2 cm³/mol. The van der Waals surface area contributed by atoms with Gasteiger partial charge in [0.2, 0.25) is 5.91 Å². The molecule has 0 spiro atoms. The molecule has 0 bridgehead atoms. The second-order valence-electron chi connectivity index (χ2n) is 6.97. The van der Waals surface area contributed by atoms with Crippen LogP contribution in [-0.4, -0.2) is 64.7 Å². The molecule has 2 heterocycles. The first-order chi connectivity index (χ1) is 12.1. The molecule has 1 amide bonds. The van der Waals surface area contributed by atoms with Gasteiger partial charge in [-0.25, -0.2) is 4.68 Å². The van der Waals surface area contributed by atoms with Crippen molar-refractivity contribution in [3.8, 4) is 0 Å². The van der Waals surface area contributed by atoms with E-state index in [9.17, 15) is 4.79 Å². The number of rotatable bonds is 7. The Morgan fingerprint density at radius 1 is 1.28 bits per heavy atom. The maximum atomic E-state index is 12.4. The van der Waals surface area contributed by atoms with Crippen molar-refractivity contribution in [2.45, 2.75) is 32.9 Å². The Morgan fingerprint density at radius 2 is 2.04 bits per heavy atom. The van der Waals surface area contributed by atoms with Gasteiger partial charge in [0, 0.05) is 25.7 Å². The fraction of sp³-hybridized carbons (Fsp3) is 0.611. The first-order valence-corrected chi connectivity index (χ1v) is 9.00. The fourth-order valence-corrected chi connectivity index (χ4v) is 3.31. The van der Waals surface area contributed by atoms with Crippen LogP contribution in [0.4, 0.5) is 0 Å². The number of hydrogen-bond donors (Lipinski definition) is 1. The second kappa shape index (κ2) is 8.40. The Bertz CT molecular complexity index is 694. The molecule has 1 atom stereocenters. The van der Waals surface area contributed by atoms with Gasteiger partial charge in [-0.1, -0.05) is 31.2 Å². The normalized spacial score (nSPS) is 17.1. The van der Waals surface area contributed by atoms with Crippen LogP contribution in [0, 0.1) is 5.92 Å². The monoisotopic (exact) mass is 345 g/mol. The van der Waals surface area contributed by atoms with Crippen molar-refractivity contribution in [2.24, 2.45) is 5.92 Å². The van der Waals surface area contributed by atoms with Gasteiger partial charge in [-0.2, -0.15) is 0 Å². The van der Waals surface area contributed by atoms with Crippen LogP contribution in [0.1, 0.15) is 20.3 Å². The van der Waals surface area contributed by atoms with Crippen molar-refractivity contribution in [1.29, 1.82) is 0 Å². The Balaban J connectivity index is 1.57. The van der Waals surface area contributed by atoms with Crippen molar-refractivity contribution >= 4 is 16.9 Å². The summed E-state index contributed by atoms with van der Waals surface area (Å²) in [5, 5.41) is 11.2. The standard InChI is InChI=1S/C18H27N5O2/c1-14(2)11-15(22-7-9-25-10-8-22)12-19-18(24)13-23-17-6-4-3-5-16(17)20-21-23/h3-6,14-15H,7-13H2,1-2H3,(H,19,24)/t15-/m0/s1. The molecule has 1 aliphatic heterocycles. The van der Waals surface area contributed by atoms with Crippen LogP contribution in [-0.2, 0) is 16.1 Å². The molecule has 7 heteroatoms. The van der Waals surface area contributed by atoms with Gasteiger partial charge >= 0.3 is 0 Å². The van der Waals surface area contributed by atoms with Crippen LogP contribution in [0.15, 0.2) is 24.3 Å². The summed E-state index contributed by atoms with van der Waals surface area (Å²) >= 11 is 0. The van der Waals surface area contributed by atoms with Crippen LogP contribution in [0.3, 0.4) is 0 Å². The molecule has 1 aromatic carbocycles. The Hall–Kier alpha value is -1.99. The minimum atomic E-state index is -0.0299. The molecular weight excluding hydrogens is 318 g/mol. The Morgan fingerprint density at radius 3 is 2.80 bits per heavy atom. The van der Waals surface area contributed by atoms with Crippen LogP contribution in [0.25, 0.3) is 11.0 Å². The third-order valence-electron chi connectivity index (χ3n) is 4.55. The van der Waals surface area contributed by atoms with E-state index in [1.807, 2.05) is 24.3 Å². The summed E-state index contributed by atoms with van der Waals surface area (Å²) in [4.78, 5) is 14.8. The number of hydrogen-bond acceptors (Lipinski definition) is 5. The largest absolute Gasteiger partial charge is 0.379 e. The molecule has 2 aromatic rings. The van der Waals surface area contributed by atoms with E-state index in [-0.39, 0.29) is 12.5 Å². The number of amides is 1. The lowest BCUT2D eigenvalue weighted by atomic mass is 10.0. The molecule has 136 valence electrons. The molecule has 7 nitrogen and oxygen atoms in total. The lowest BCUT2D eigenvalue weighted by molar-refractivity contribution is -0.122. The average molecular weight is 345 g/mol. The zero-order valence-electron chi connectivity index (χ0n) is 15.0. The first-order valence-electron chi connectivity index (χ1n) is 9.00. The molecule has 1 N–H and O–H groups in total. The van der Waals surface area contributed by atoms with E-state index in [0.29, 0.717) is 18.5 Å². The van der Waals surface area contributed by atoms with Crippen molar-refractivity contribution in [2.75, 3.05) is 32.8 Å². The predicted octanol–water partition coefficient (Wildman–Crippen LogP) is 1.29. The molecule has 1 aliphatic rings. The number of aromatic nitrogens is 3. The first kappa shape index (κ1) is 17.8. The van der Waals surface area contributed by atoms with Crippen molar-refractivity contribution < 1.29 is 9.53 Å². The van der Waals surface area contributed by atoms with E-state index in [1.165, 1.54) is 0 Å². The number of nitrogens with zero attached hydrogens (tertiary/aromatic N) is 4. The zero-order chi connectivity index (χ0) is 17.6. The highest BCUT2D eigenvalue weighted by Crippen LogP contribution is 2.13. The van der Waals surface area contributed by atoms with Crippen LogP contribution in [0.5, 0.6) is 0 Å². The molecule has 1 fully saturated rings. The summed E-state index contributed by atoms with van der Waals surface area (Å²) in [5.74, 6) is 0.557. The van der Waals surface area contributed by atoms with E-state index in [0.717, 1.165) is 43.8 Å². The summed E-state index contributed by atoms with van der Waals surface area (Å²) in [6.45, 7) is 8.69. The highest BCUT2D eigenvalue weighted by Gasteiger charge is 2.22.